The molecule has 5 heteroatoms. The van der Waals surface area contributed by atoms with Crippen LogP contribution < -0.4 is 9.47 Å². The van der Waals surface area contributed by atoms with Crippen molar-refractivity contribution >= 4 is 11.8 Å². The van der Waals surface area contributed by atoms with E-state index in [9.17, 15) is 9.59 Å². The van der Waals surface area contributed by atoms with Gasteiger partial charge in [0.25, 0.3) is 5.78 Å². The Labute approximate surface area is 117 Å². The summed E-state index contributed by atoms with van der Waals surface area (Å²) in [5, 5.41) is 0. The van der Waals surface area contributed by atoms with Crippen molar-refractivity contribution in [3.05, 3.63) is 23.8 Å². The smallest absolute Gasteiger partial charge is 0.379 e. The van der Waals surface area contributed by atoms with Crippen molar-refractivity contribution in [3.8, 4) is 11.5 Å². The minimum absolute atomic E-state index is 0.171. The molecule has 0 amide bonds. The van der Waals surface area contributed by atoms with Crippen LogP contribution in [0.5, 0.6) is 11.5 Å². The molecule has 0 N–H and O–H groups in total. The van der Waals surface area contributed by atoms with E-state index in [1.165, 1.54) is 19.6 Å². The minimum atomic E-state index is -0.859. The number of carbonyl (C=O) groups is 2. The quantitative estimate of drug-likeness (QED) is 0.454. The van der Waals surface area contributed by atoms with Gasteiger partial charge < -0.3 is 14.2 Å². The standard InChI is InChI=1S/C15H18O5/c1-3-19-15(17)14(16)10-7-8-12(13(9-10)18-2)20-11-5-4-6-11/h7-9,11H,3-6H2,1-2H3. The number of benzene rings is 1. The summed E-state index contributed by atoms with van der Waals surface area (Å²) in [6, 6.07) is 4.71. The lowest BCUT2D eigenvalue weighted by molar-refractivity contribution is -0.137. The molecule has 1 fully saturated rings. The van der Waals surface area contributed by atoms with Gasteiger partial charge in [-0.2, -0.15) is 0 Å². The Hall–Kier alpha value is -2.04. The number of ether oxygens (including phenoxy) is 3. The largest absolute Gasteiger partial charge is 0.493 e. The third-order valence-electron chi connectivity index (χ3n) is 3.23. The van der Waals surface area contributed by atoms with Crippen molar-refractivity contribution in [1.29, 1.82) is 0 Å². The van der Waals surface area contributed by atoms with Crippen LogP contribution in [0.4, 0.5) is 0 Å². The first-order valence-corrected chi connectivity index (χ1v) is 6.71. The van der Waals surface area contributed by atoms with Crippen molar-refractivity contribution in [3.63, 3.8) is 0 Å². The number of hydrogen-bond donors (Lipinski definition) is 0. The summed E-state index contributed by atoms with van der Waals surface area (Å²) >= 11 is 0. The zero-order valence-electron chi connectivity index (χ0n) is 11.7. The van der Waals surface area contributed by atoms with Crippen LogP contribution in [0, 0.1) is 0 Å². The molecule has 1 aliphatic rings. The van der Waals surface area contributed by atoms with E-state index in [2.05, 4.69) is 0 Å². The number of Topliss-reactive ketones (excluding diaryl/α,β-unsaturated/α-hetero) is 1. The fourth-order valence-electron chi connectivity index (χ4n) is 1.89. The molecule has 0 bridgehead atoms. The first-order valence-electron chi connectivity index (χ1n) is 6.71. The molecule has 1 saturated carbocycles. The predicted octanol–water partition coefficient (Wildman–Crippen LogP) is 2.37. The Bertz CT molecular complexity index is 505. The minimum Gasteiger partial charge on any atom is -0.493 e. The molecule has 0 unspecified atom stereocenters. The molecule has 0 heterocycles. The third kappa shape index (κ3) is 3.10. The Morgan fingerprint density at radius 1 is 1.25 bits per heavy atom. The Kier molecular flexibility index (Phi) is 4.61. The Morgan fingerprint density at radius 2 is 2.00 bits per heavy atom. The monoisotopic (exact) mass is 278 g/mol. The van der Waals surface area contributed by atoms with Gasteiger partial charge in [0, 0.05) is 5.56 Å². The average Bonchev–Trinajstić information content (AvgIpc) is 2.42. The van der Waals surface area contributed by atoms with Gasteiger partial charge >= 0.3 is 5.97 Å². The fourth-order valence-corrected chi connectivity index (χ4v) is 1.89. The van der Waals surface area contributed by atoms with E-state index < -0.39 is 11.8 Å². The Balaban J connectivity index is 2.15. The van der Waals surface area contributed by atoms with Gasteiger partial charge in [-0.05, 0) is 44.4 Å². The van der Waals surface area contributed by atoms with Crippen molar-refractivity contribution in [1.82, 2.24) is 0 Å². The van der Waals surface area contributed by atoms with Gasteiger partial charge in [0.15, 0.2) is 11.5 Å². The molecule has 5 nitrogen and oxygen atoms in total. The lowest BCUT2D eigenvalue weighted by Crippen LogP contribution is -2.25. The normalized spacial score (nSPS) is 14.3. The zero-order chi connectivity index (χ0) is 14.5. The molecular formula is C15H18O5. The molecule has 0 radical (unpaired) electrons. The highest BCUT2D eigenvalue weighted by Crippen LogP contribution is 2.33. The van der Waals surface area contributed by atoms with Gasteiger partial charge in [-0.1, -0.05) is 0 Å². The van der Waals surface area contributed by atoms with E-state index in [1.54, 1.807) is 19.1 Å². The zero-order valence-corrected chi connectivity index (χ0v) is 11.7. The summed E-state index contributed by atoms with van der Waals surface area (Å²) in [6.45, 7) is 1.83. The highest BCUT2D eigenvalue weighted by molar-refractivity contribution is 6.40. The first kappa shape index (κ1) is 14.4. The highest BCUT2D eigenvalue weighted by Gasteiger charge is 2.23. The van der Waals surface area contributed by atoms with Crippen molar-refractivity contribution < 1.29 is 23.8 Å². The predicted molar refractivity (Wildman–Crippen MR) is 72.2 cm³/mol. The van der Waals surface area contributed by atoms with Crippen molar-refractivity contribution in [2.24, 2.45) is 0 Å². The van der Waals surface area contributed by atoms with E-state index in [0.717, 1.165) is 12.8 Å². The first-order chi connectivity index (χ1) is 9.65. The molecule has 0 aliphatic heterocycles. The number of ketones is 1. The van der Waals surface area contributed by atoms with Crippen LogP contribution in [0.3, 0.4) is 0 Å². The number of carbonyl (C=O) groups excluding carboxylic acids is 2. The van der Waals surface area contributed by atoms with E-state index in [4.69, 9.17) is 14.2 Å². The number of esters is 1. The van der Waals surface area contributed by atoms with Gasteiger partial charge in [0.1, 0.15) is 0 Å². The second kappa shape index (κ2) is 6.41. The third-order valence-corrected chi connectivity index (χ3v) is 3.23. The molecule has 0 aromatic heterocycles. The summed E-state index contributed by atoms with van der Waals surface area (Å²) in [7, 11) is 1.50. The lowest BCUT2D eigenvalue weighted by Gasteiger charge is -2.27. The van der Waals surface area contributed by atoms with Crippen molar-refractivity contribution in [2.75, 3.05) is 13.7 Å². The second-order valence-corrected chi connectivity index (χ2v) is 4.59. The van der Waals surface area contributed by atoms with Gasteiger partial charge in [-0.15, -0.1) is 0 Å². The molecule has 1 aromatic rings. The number of rotatable bonds is 6. The second-order valence-electron chi connectivity index (χ2n) is 4.59. The van der Waals surface area contributed by atoms with Crippen LogP contribution in [0.1, 0.15) is 36.5 Å². The van der Waals surface area contributed by atoms with Crippen LogP contribution in [0.15, 0.2) is 18.2 Å². The van der Waals surface area contributed by atoms with E-state index in [0.29, 0.717) is 11.5 Å². The summed E-state index contributed by atoms with van der Waals surface area (Å²) < 4.78 is 15.7. The maximum absolute atomic E-state index is 11.8. The summed E-state index contributed by atoms with van der Waals surface area (Å²) in [6.07, 6.45) is 3.46. The molecule has 1 aromatic carbocycles. The maximum atomic E-state index is 11.8. The van der Waals surface area contributed by atoms with Crippen LogP contribution in [-0.2, 0) is 9.53 Å². The molecule has 20 heavy (non-hydrogen) atoms. The molecule has 0 atom stereocenters. The summed E-state index contributed by atoms with van der Waals surface area (Å²) in [5.41, 5.74) is 0.237. The molecule has 0 spiro atoms. The van der Waals surface area contributed by atoms with Crippen LogP contribution in [0.2, 0.25) is 0 Å². The molecule has 2 rings (SSSR count). The Morgan fingerprint density at radius 3 is 2.55 bits per heavy atom. The van der Waals surface area contributed by atoms with Gasteiger partial charge in [-0.3, -0.25) is 4.79 Å². The summed E-state index contributed by atoms with van der Waals surface area (Å²) in [4.78, 5) is 23.3. The van der Waals surface area contributed by atoms with E-state index >= 15 is 0 Å². The summed E-state index contributed by atoms with van der Waals surface area (Å²) in [5.74, 6) is -0.493. The van der Waals surface area contributed by atoms with Crippen LogP contribution >= 0.6 is 0 Å². The molecular weight excluding hydrogens is 260 g/mol. The average molecular weight is 278 g/mol. The van der Waals surface area contributed by atoms with Gasteiger partial charge in [0.2, 0.25) is 0 Å². The number of hydrogen-bond acceptors (Lipinski definition) is 5. The molecule has 1 aliphatic carbocycles. The van der Waals surface area contributed by atoms with Crippen LogP contribution in [0.25, 0.3) is 0 Å². The number of methoxy groups -OCH3 is 1. The highest BCUT2D eigenvalue weighted by atomic mass is 16.5. The molecule has 0 saturated heterocycles. The van der Waals surface area contributed by atoms with E-state index in [1.807, 2.05) is 0 Å². The lowest BCUT2D eigenvalue weighted by atomic mass is 9.96. The maximum Gasteiger partial charge on any atom is 0.379 e. The topological polar surface area (TPSA) is 61.8 Å². The fraction of sp³-hybridized carbons (Fsp3) is 0.467. The SMILES string of the molecule is CCOC(=O)C(=O)c1ccc(OC2CCC2)c(OC)c1. The van der Waals surface area contributed by atoms with Gasteiger partial charge in [0.05, 0.1) is 19.8 Å². The van der Waals surface area contributed by atoms with Gasteiger partial charge in [-0.25, -0.2) is 4.79 Å². The van der Waals surface area contributed by atoms with Crippen molar-refractivity contribution in [2.45, 2.75) is 32.3 Å². The van der Waals surface area contributed by atoms with E-state index in [-0.39, 0.29) is 18.3 Å². The molecule has 108 valence electrons. The van der Waals surface area contributed by atoms with Crippen LogP contribution in [-0.4, -0.2) is 31.6 Å².